The first kappa shape index (κ1) is 18.9. The van der Waals surface area contributed by atoms with Crippen molar-refractivity contribution in [2.75, 3.05) is 20.3 Å². The maximum absolute atomic E-state index is 12.9. The number of carbonyl (C=O) groups is 1. The third-order valence-electron chi connectivity index (χ3n) is 3.98. The number of carbonyl (C=O) groups excluding carboxylic acids is 1. The van der Waals surface area contributed by atoms with Gasteiger partial charge in [-0.05, 0) is 6.92 Å². The summed E-state index contributed by atoms with van der Waals surface area (Å²) in [5.74, 6) is 0.214. The molecule has 7 nitrogen and oxygen atoms in total. The Morgan fingerprint density at radius 1 is 1.30 bits per heavy atom. The Labute approximate surface area is 160 Å². The van der Waals surface area contributed by atoms with E-state index >= 15 is 0 Å². The zero-order valence-corrected chi connectivity index (χ0v) is 16.0. The molecule has 8 heteroatoms. The summed E-state index contributed by atoms with van der Waals surface area (Å²) in [6.45, 7) is 2.42. The van der Waals surface area contributed by atoms with Crippen molar-refractivity contribution in [3.8, 4) is 21.8 Å². The third kappa shape index (κ3) is 4.47. The molecule has 0 bridgehead atoms. The fourth-order valence-corrected chi connectivity index (χ4v) is 3.37. The second-order valence-corrected chi connectivity index (χ2v) is 6.72. The second-order valence-electron chi connectivity index (χ2n) is 5.86. The SMILES string of the molecule is COCCNC(=O)Cn1c(C)ncc(-c2nc(-c3ccccc3)cs2)c1=O. The number of thiazole rings is 1. The largest absolute Gasteiger partial charge is 0.383 e. The van der Waals surface area contributed by atoms with Gasteiger partial charge in [-0.2, -0.15) is 0 Å². The molecule has 3 aromatic rings. The van der Waals surface area contributed by atoms with Crippen LogP contribution in [0.3, 0.4) is 0 Å². The molecule has 140 valence electrons. The van der Waals surface area contributed by atoms with Crippen molar-refractivity contribution in [1.82, 2.24) is 19.9 Å². The summed E-state index contributed by atoms with van der Waals surface area (Å²) in [6, 6.07) is 9.76. The van der Waals surface area contributed by atoms with Gasteiger partial charge in [-0.15, -0.1) is 11.3 Å². The van der Waals surface area contributed by atoms with Crippen LogP contribution in [0.25, 0.3) is 21.8 Å². The Morgan fingerprint density at radius 3 is 2.81 bits per heavy atom. The van der Waals surface area contributed by atoms with E-state index in [1.165, 1.54) is 22.1 Å². The van der Waals surface area contributed by atoms with E-state index < -0.39 is 0 Å². The quantitative estimate of drug-likeness (QED) is 0.631. The molecular formula is C19H20N4O3S. The van der Waals surface area contributed by atoms with E-state index in [4.69, 9.17) is 4.74 Å². The van der Waals surface area contributed by atoms with E-state index in [-0.39, 0.29) is 18.0 Å². The first-order valence-corrected chi connectivity index (χ1v) is 9.31. The normalized spacial score (nSPS) is 10.7. The molecule has 27 heavy (non-hydrogen) atoms. The van der Waals surface area contributed by atoms with E-state index in [9.17, 15) is 9.59 Å². The number of benzene rings is 1. The fraction of sp³-hybridized carbons (Fsp3) is 0.263. The summed E-state index contributed by atoms with van der Waals surface area (Å²) in [5, 5.41) is 5.20. The number of aromatic nitrogens is 3. The molecule has 0 saturated heterocycles. The Kier molecular flexibility index (Phi) is 6.10. The van der Waals surface area contributed by atoms with Gasteiger partial charge in [0.25, 0.3) is 5.56 Å². The van der Waals surface area contributed by atoms with Crippen LogP contribution in [-0.4, -0.2) is 40.7 Å². The number of nitrogens with one attached hydrogen (secondary N) is 1. The van der Waals surface area contributed by atoms with Crippen molar-refractivity contribution in [1.29, 1.82) is 0 Å². The summed E-state index contributed by atoms with van der Waals surface area (Å²) in [4.78, 5) is 33.8. The summed E-state index contributed by atoms with van der Waals surface area (Å²) in [5.41, 5.74) is 1.90. The van der Waals surface area contributed by atoms with Gasteiger partial charge in [-0.25, -0.2) is 9.97 Å². The van der Waals surface area contributed by atoms with Crippen LogP contribution in [0.1, 0.15) is 5.82 Å². The number of ether oxygens (including phenoxy) is 1. The molecule has 0 radical (unpaired) electrons. The molecule has 2 aromatic heterocycles. The van der Waals surface area contributed by atoms with E-state index in [0.29, 0.717) is 29.5 Å². The molecule has 0 aliphatic rings. The fourth-order valence-electron chi connectivity index (χ4n) is 2.54. The lowest BCUT2D eigenvalue weighted by atomic mass is 10.2. The van der Waals surface area contributed by atoms with Crippen molar-refractivity contribution < 1.29 is 9.53 Å². The second kappa shape index (κ2) is 8.70. The Hall–Kier alpha value is -2.84. The van der Waals surface area contributed by atoms with Gasteiger partial charge in [0.1, 0.15) is 17.4 Å². The highest BCUT2D eigenvalue weighted by atomic mass is 32.1. The van der Waals surface area contributed by atoms with Gasteiger partial charge in [0.15, 0.2) is 0 Å². The van der Waals surface area contributed by atoms with Crippen LogP contribution in [0.15, 0.2) is 46.7 Å². The van der Waals surface area contributed by atoms with Crippen molar-refractivity contribution in [2.45, 2.75) is 13.5 Å². The van der Waals surface area contributed by atoms with Crippen molar-refractivity contribution in [2.24, 2.45) is 0 Å². The lowest BCUT2D eigenvalue weighted by Crippen LogP contribution is -2.35. The van der Waals surface area contributed by atoms with Crippen LogP contribution in [-0.2, 0) is 16.1 Å². The van der Waals surface area contributed by atoms with Crippen molar-refractivity contribution in [3.05, 3.63) is 58.1 Å². The number of methoxy groups -OCH3 is 1. The highest BCUT2D eigenvalue weighted by molar-refractivity contribution is 7.13. The Morgan fingerprint density at radius 2 is 2.07 bits per heavy atom. The standard InChI is InChI=1S/C19H20N4O3S/c1-13-21-10-15(19(25)23(13)11-17(24)20-8-9-26-2)18-22-16(12-27-18)14-6-4-3-5-7-14/h3-7,10,12H,8-9,11H2,1-2H3,(H,20,24). The zero-order chi connectivity index (χ0) is 19.2. The Bertz CT molecular complexity index is 982. The molecule has 1 amide bonds. The monoisotopic (exact) mass is 384 g/mol. The van der Waals surface area contributed by atoms with Gasteiger partial charge in [0.2, 0.25) is 5.91 Å². The first-order valence-electron chi connectivity index (χ1n) is 8.43. The zero-order valence-electron chi connectivity index (χ0n) is 15.1. The number of rotatable bonds is 7. The van der Waals surface area contributed by atoms with Gasteiger partial charge in [-0.3, -0.25) is 14.2 Å². The van der Waals surface area contributed by atoms with Crippen LogP contribution in [0.2, 0.25) is 0 Å². The first-order chi connectivity index (χ1) is 13.1. The van der Waals surface area contributed by atoms with Gasteiger partial charge < -0.3 is 10.1 Å². The average molecular weight is 384 g/mol. The van der Waals surface area contributed by atoms with Crippen LogP contribution in [0.4, 0.5) is 0 Å². The molecule has 0 aliphatic heterocycles. The molecule has 1 aromatic carbocycles. The lowest BCUT2D eigenvalue weighted by Gasteiger charge is -2.10. The van der Waals surface area contributed by atoms with Crippen LogP contribution in [0.5, 0.6) is 0 Å². The van der Waals surface area contributed by atoms with E-state index in [0.717, 1.165) is 11.3 Å². The highest BCUT2D eigenvalue weighted by Gasteiger charge is 2.15. The molecule has 0 aliphatic carbocycles. The van der Waals surface area contributed by atoms with Gasteiger partial charge >= 0.3 is 0 Å². The summed E-state index contributed by atoms with van der Waals surface area (Å²) in [7, 11) is 1.56. The van der Waals surface area contributed by atoms with E-state index in [1.54, 1.807) is 14.0 Å². The minimum Gasteiger partial charge on any atom is -0.383 e. The van der Waals surface area contributed by atoms with Crippen molar-refractivity contribution in [3.63, 3.8) is 0 Å². The molecule has 0 spiro atoms. The average Bonchev–Trinajstić information content (AvgIpc) is 3.16. The summed E-state index contributed by atoms with van der Waals surface area (Å²) < 4.78 is 6.27. The topological polar surface area (TPSA) is 86.1 Å². The molecule has 0 fully saturated rings. The number of hydrogen-bond donors (Lipinski definition) is 1. The number of nitrogens with zero attached hydrogens (tertiary/aromatic N) is 3. The molecule has 1 N–H and O–H groups in total. The van der Waals surface area contributed by atoms with Crippen molar-refractivity contribution >= 4 is 17.2 Å². The minimum absolute atomic E-state index is 0.0911. The summed E-state index contributed by atoms with van der Waals surface area (Å²) >= 11 is 1.38. The molecule has 0 saturated carbocycles. The minimum atomic E-state index is -0.279. The Balaban J connectivity index is 1.86. The van der Waals surface area contributed by atoms with Gasteiger partial charge in [0.05, 0.1) is 17.9 Å². The molecule has 3 rings (SSSR count). The molecule has 2 heterocycles. The lowest BCUT2D eigenvalue weighted by molar-refractivity contribution is -0.121. The molecular weight excluding hydrogens is 364 g/mol. The highest BCUT2D eigenvalue weighted by Crippen LogP contribution is 2.26. The van der Waals surface area contributed by atoms with Gasteiger partial charge in [-0.1, -0.05) is 30.3 Å². The van der Waals surface area contributed by atoms with Crippen LogP contribution >= 0.6 is 11.3 Å². The number of amides is 1. The predicted molar refractivity (Wildman–Crippen MR) is 105 cm³/mol. The predicted octanol–water partition coefficient (Wildman–Crippen LogP) is 2.10. The molecule has 0 atom stereocenters. The van der Waals surface area contributed by atoms with Crippen LogP contribution in [0, 0.1) is 6.92 Å². The maximum Gasteiger partial charge on any atom is 0.264 e. The smallest absolute Gasteiger partial charge is 0.264 e. The molecule has 0 unspecified atom stereocenters. The van der Waals surface area contributed by atoms with E-state index in [1.807, 2.05) is 35.7 Å². The van der Waals surface area contributed by atoms with Crippen LogP contribution < -0.4 is 10.9 Å². The summed E-state index contributed by atoms with van der Waals surface area (Å²) in [6.07, 6.45) is 1.52. The van der Waals surface area contributed by atoms with Gasteiger partial charge in [0, 0.05) is 30.8 Å². The number of hydrogen-bond acceptors (Lipinski definition) is 6. The van der Waals surface area contributed by atoms with E-state index in [2.05, 4.69) is 15.3 Å². The number of aryl methyl sites for hydroxylation is 1. The third-order valence-corrected chi connectivity index (χ3v) is 4.86. The maximum atomic E-state index is 12.9.